The van der Waals surface area contributed by atoms with E-state index in [-0.39, 0.29) is 5.82 Å². The van der Waals surface area contributed by atoms with E-state index in [0.29, 0.717) is 17.6 Å². The summed E-state index contributed by atoms with van der Waals surface area (Å²) in [7, 11) is 0. The SMILES string of the molecule is CCCNC(C)c1ccn(Cc2ccc(F)cc2Cl)c1. The predicted molar refractivity (Wildman–Crippen MR) is 81.7 cm³/mol. The Hall–Kier alpha value is -1.32. The van der Waals surface area contributed by atoms with E-state index >= 15 is 0 Å². The summed E-state index contributed by atoms with van der Waals surface area (Å²) in [5.41, 5.74) is 2.17. The summed E-state index contributed by atoms with van der Waals surface area (Å²) in [4.78, 5) is 0. The zero-order chi connectivity index (χ0) is 14.5. The lowest BCUT2D eigenvalue weighted by Crippen LogP contribution is -2.18. The highest BCUT2D eigenvalue weighted by atomic mass is 35.5. The highest BCUT2D eigenvalue weighted by Gasteiger charge is 2.07. The number of nitrogens with one attached hydrogen (secondary N) is 1. The van der Waals surface area contributed by atoms with E-state index in [4.69, 9.17) is 11.6 Å². The summed E-state index contributed by atoms with van der Waals surface area (Å²) in [6.45, 7) is 5.97. The number of rotatable bonds is 6. The second kappa shape index (κ2) is 6.91. The van der Waals surface area contributed by atoms with E-state index in [1.54, 1.807) is 6.07 Å². The Bertz CT molecular complexity index is 565. The standard InChI is InChI=1S/C16H20ClFN2/c1-3-7-19-12(2)13-6-8-20(10-13)11-14-4-5-15(18)9-16(14)17/h4-6,8-10,12,19H,3,7,11H2,1-2H3. The monoisotopic (exact) mass is 294 g/mol. The van der Waals surface area contributed by atoms with Gasteiger partial charge in [-0.2, -0.15) is 0 Å². The molecule has 0 amide bonds. The molecular weight excluding hydrogens is 275 g/mol. The fourth-order valence-electron chi connectivity index (χ4n) is 2.14. The van der Waals surface area contributed by atoms with E-state index in [1.165, 1.54) is 17.7 Å². The molecule has 1 N–H and O–H groups in total. The fourth-order valence-corrected chi connectivity index (χ4v) is 2.37. The maximum atomic E-state index is 13.0. The van der Waals surface area contributed by atoms with Crippen LogP contribution in [0.3, 0.4) is 0 Å². The average Bonchev–Trinajstić information content (AvgIpc) is 2.88. The molecular formula is C16H20ClFN2. The summed E-state index contributed by atoms with van der Waals surface area (Å²) in [5.74, 6) is -0.302. The summed E-state index contributed by atoms with van der Waals surface area (Å²) in [6.07, 6.45) is 5.25. The zero-order valence-electron chi connectivity index (χ0n) is 11.9. The van der Waals surface area contributed by atoms with Crippen molar-refractivity contribution in [3.8, 4) is 0 Å². The van der Waals surface area contributed by atoms with Crippen LogP contribution in [0, 0.1) is 5.82 Å². The van der Waals surface area contributed by atoms with Crippen molar-refractivity contribution in [1.29, 1.82) is 0 Å². The van der Waals surface area contributed by atoms with Crippen molar-refractivity contribution in [2.45, 2.75) is 32.9 Å². The first-order valence-corrected chi connectivity index (χ1v) is 7.31. The molecule has 0 aliphatic rings. The molecule has 0 saturated carbocycles. The highest BCUT2D eigenvalue weighted by molar-refractivity contribution is 6.31. The van der Waals surface area contributed by atoms with E-state index < -0.39 is 0 Å². The van der Waals surface area contributed by atoms with Crippen molar-refractivity contribution in [1.82, 2.24) is 9.88 Å². The van der Waals surface area contributed by atoms with Gasteiger partial charge in [0.2, 0.25) is 0 Å². The third-order valence-electron chi connectivity index (χ3n) is 3.34. The Balaban J connectivity index is 2.05. The first-order chi connectivity index (χ1) is 9.60. The van der Waals surface area contributed by atoms with E-state index in [0.717, 1.165) is 18.5 Å². The number of halogens is 2. The van der Waals surface area contributed by atoms with Crippen molar-refractivity contribution in [3.63, 3.8) is 0 Å². The number of nitrogens with zero attached hydrogens (tertiary/aromatic N) is 1. The Kier molecular flexibility index (Phi) is 5.21. The van der Waals surface area contributed by atoms with Crippen molar-refractivity contribution in [2.24, 2.45) is 0 Å². The first-order valence-electron chi connectivity index (χ1n) is 6.93. The van der Waals surface area contributed by atoms with Gasteiger partial charge >= 0.3 is 0 Å². The second-order valence-electron chi connectivity index (χ2n) is 5.03. The maximum Gasteiger partial charge on any atom is 0.124 e. The molecule has 0 saturated heterocycles. The van der Waals surface area contributed by atoms with Crippen LogP contribution < -0.4 is 5.32 Å². The summed E-state index contributed by atoms with van der Waals surface area (Å²) in [6, 6.07) is 6.96. The van der Waals surface area contributed by atoms with Crippen LogP contribution >= 0.6 is 11.6 Å². The van der Waals surface area contributed by atoms with Crippen LogP contribution in [0.25, 0.3) is 0 Å². The van der Waals surface area contributed by atoms with Gasteiger partial charge in [-0.1, -0.05) is 24.6 Å². The molecule has 1 atom stereocenters. The van der Waals surface area contributed by atoms with E-state index in [2.05, 4.69) is 36.0 Å². The quantitative estimate of drug-likeness (QED) is 0.836. The smallest absolute Gasteiger partial charge is 0.124 e. The molecule has 2 aromatic rings. The number of hydrogen-bond acceptors (Lipinski definition) is 1. The van der Waals surface area contributed by atoms with Crippen LogP contribution in [0.1, 0.15) is 37.4 Å². The molecule has 108 valence electrons. The summed E-state index contributed by atoms with van der Waals surface area (Å²) < 4.78 is 15.1. The van der Waals surface area contributed by atoms with Gasteiger partial charge in [0.15, 0.2) is 0 Å². The van der Waals surface area contributed by atoms with Gasteiger partial charge in [-0.25, -0.2) is 4.39 Å². The van der Waals surface area contributed by atoms with Crippen LogP contribution in [-0.4, -0.2) is 11.1 Å². The van der Waals surface area contributed by atoms with Gasteiger partial charge in [-0.05, 0) is 49.2 Å². The normalized spacial score (nSPS) is 12.6. The molecule has 0 aliphatic carbocycles. The minimum atomic E-state index is -0.302. The molecule has 2 rings (SSSR count). The molecule has 0 fully saturated rings. The Labute approximate surface area is 124 Å². The minimum Gasteiger partial charge on any atom is -0.350 e. The highest BCUT2D eigenvalue weighted by Crippen LogP contribution is 2.20. The zero-order valence-corrected chi connectivity index (χ0v) is 12.6. The van der Waals surface area contributed by atoms with Gasteiger partial charge in [0.1, 0.15) is 5.82 Å². The number of benzene rings is 1. The van der Waals surface area contributed by atoms with Crippen LogP contribution in [0.15, 0.2) is 36.7 Å². The molecule has 0 spiro atoms. The fraction of sp³-hybridized carbons (Fsp3) is 0.375. The lowest BCUT2D eigenvalue weighted by molar-refractivity contribution is 0.569. The Morgan fingerprint density at radius 1 is 1.35 bits per heavy atom. The Morgan fingerprint density at radius 2 is 2.15 bits per heavy atom. The van der Waals surface area contributed by atoms with Gasteiger partial charge < -0.3 is 9.88 Å². The van der Waals surface area contributed by atoms with Crippen molar-refractivity contribution in [2.75, 3.05) is 6.54 Å². The van der Waals surface area contributed by atoms with Crippen molar-refractivity contribution in [3.05, 3.63) is 58.6 Å². The number of aromatic nitrogens is 1. The van der Waals surface area contributed by atoms with Crippen LogP contribution in [0.4, 0.5) is 4.39 Å². The largest absolute Gasteiger partial charge is 0.350 e. The lowest BCUT2D eigenvalue weighted by Gasteiger charge is -2.11. The molecule has 1 aromatic heterocycles. The molecule has 2 nitrogen and oxygen atoms in total. The maximum absolute atomic E-state index is 13.0. The minimum absolute atomic E-state index is 0.302. The van der Waals surface area contributed by atoms with Gasteiger partial charge in [0.05, 0.1) is 0 Å². The Morgan fingerprint density at radius 3 is 2.85 bits per heavy atom. The summed E-state index contributed by atoms with van der Waals surface area (Å²) in [5, 5.41) is 3.93. The molecule has 20 heavy (non-hydrogen) atoms. The topological polar surface area (TPSA) is 17.0 Å². The van der Waals surface area contributed by atoms with Crippen LogP contribution in [-0.2, 0) is 6.54 Å². The molecule has 1 heterocycles. The molecule has 4 heteroatoms. The third-order valence-corrected chi connectivity index (χ3v) is 3.69. The molecule has 1 aromatic carbocycles. The molecule has 0 radical (unpaired) electrons. The van der Waals surface area contributed by atoms with Crippen molar-refractivity contribution >= 4 is 11.6 Å². The van der Waals surface area contributed by atoms with Crippen LogP contribution in [0.2, 0.25) is 5.02 Å². The van der Waals surface area contributed by atoms with Gasteiger partial charge in [-0.15, -0.1) is 0 Å². The first kappa shape index (κ1) is 15.1. The van der Waals surface area contributed by atoms with Crippen molar-refractivity contribution < 1.29 is 4.39 Å². The molecule has 1 unspecified atom stereocenters. The summed E-state index contributed by atoms with van der Waals surface area (Å²) >= 11 is 6.05. The van der Waals surface area contributed by atoms with E-state index in [1.807, 2.05) is 6.20 Å². The molecule has 0 bridgehead atoms. The molecule has 0 aliphatic heterocycles. The number of hydrogen-bond donors (Lipinski definition) is 1. The average molecular weight is 295 g/mol. The van der Waals surface area contributed by atoms with Gasteiger partial charge in [0, 0.05) is 30.0 Å². The second-order valence-corrected chi connectivity index (χ2v) is 5.44. The van der Waals surface area contributed by atoms with E-state index in [9.17, 15) is 4.39 Å². The van der Waals surface area contributed by atoms with Gasteiger partial charge in [0.25, 0.3) is 0 Å². The van der Waals surface area contributed by atoms with Crippen LogP contribution in [0.5, 0.6) is 0 Å². The lowest BCUT2D eigenvalue weighted by atomic mass is 10.2. The van der Waals surface area contributed by atoms with Gasteiger partial charge in [-0.3, -0.25) is 0 Å². The third kappa shape index (κ3) is 3.84. The predicted octanol–water partition coefficient (Wildman–Crippen LogP) is 4.39.